The summed E-state index contributed by atoms with van der Waals surface area (Å²) < 4.78 is 0. The van der Waals surface area contributed by atoms with Crippen LogP contribution in [0.3, 0.4) is 0 Å². The van der Waals surface area contributed by atoms with Gasteiger partial charge >= 0.3 is 0 Å². The Hall–Kier alpha value is -0.300. The van der Waals surface area contributed by atoms with Crippen LogP contribution in [-0.2, 0) is 0 Å². The molecule has 0 aliphatic carbocycles. The first kappa shape index (κ1) is 4.70. The fraction of sp³-hybridized carbons (Fsp3) is 0.500. The lowest BCUT2D eigenvalue weighted by Crippen LogP contribution is -1.70. The fourth-order valence-electron chi connectivity index (χ4n) is 0.118. The van der Waals surface area contributed by atoms with E-state index in [1.54, 1.807) is 6.08 Å². The molecule has 29 valence electrons. The van der Waals surface area contributed by atoms with Gasteiger partial charge in [0.05, 0.1) is 0 Å². The Morgan fingerprint density at radius 2 is 2.40 bits per heavy atom. The molecule has 5 heavy (non-hydrogen) atoms. The van der Waals surface area contributed by atoms with Crippen LogP contribution in [0.25, 0.3) is 0 Å². The number of nitrogens with one attached hydrogen (secondary N) is 1. The first-order valence-electron chi connectivity index (χ1n) is 1.67. The molecule has 0 unspecified atom stereocenters. The highest BCUT2D eigenvalue weighted by Gasteiger charge is 1.52. The van der Waals surface area contributed by atoms with E-state index in [0.29, 0.717) is 6.54 Å². The van der Waals surface area contributed by atoms with Crippen molar-refractivity contribution in [2.24, 2.45) is 0 Å². The average molecular weight is 70.1 g/mol. The maximum Gasteiger partial charge on any atom is 0.0280 e. The summed E-state index contributed by atoms with van der Waals surface area (Å²) in [5.74, 6) is 0. The third-order valence-electron chi connectivity index (χ3n) is 0.354. The molecule has 0 aromatic carbocycles. The maximum atomic E-state index is 6.52. The zero-order valence-electron chi connectivity index (χ0n) is 3.36. The topological polar surface area (TPSA) is 23.8 Å². The summed E-state index contributed by atoms with van der Waals surface area (Å²) in [5, 5.41) is 0. The zero-order valence-corrected chi connectivity index (χ0v) is 3.36. The van der Waals surface area contributed by atoms with Crippen molar-refractivity contribution in [1.82, 2.24) is 5.73 Å². The van der Waals surface area contributed by atoms with Crippen LogP contribution in [0.1, 0.15) is 6.92 Å². The van der Waals surface area contributed by atoms with Crippen LogP contribution in [0.15, 0.2) is 12.2 Å². The van der Waals surface area contributed by atoms with Crippen molar-refractivity contribution in [1.29, 1.82) is 0 Å². The summed E-state index contributed by atoms with van der Waals surface area (Å²) in [7, 11) is 0. The molecule has 0 atom stereocenters. The quantitative estimate of drug-likeness (QED) is 0.408. The highest BCUT2D eigenvalue weighted by atomic mass is 14.5. The minimum atomic E-state index is 0.413. The zero-order chi connectivity index (χ0) is 4.12. The molecule has 1 heteroatoms. The fourth-order valence-corrected chi connectivity index (χ4v) is 0.118. The van der Waals surface area contributed by atoms with Crippen LogP contribution < -0.4 is 5.73 Å². The lowest BCUT2D eigenvalue weighted by molar-refractivity contribution is 1.19. The molecule has 0 aliphatic heterocycles. The maximum absolute atomic E-state index is 6.52. The van der Waals surface area contributed by atoms with Crippen molar-refractivity contribution >= 4 is 0 Å². The van der Waals surface area contributed by atoms with Gasteiger partial charge in [0.2, 0.25) is 0 Å². The Labute approximate surface area is 32.5 Å². The van der Waals surface area contributed by atoms with E-state index in [0.717, 1.165) is 0 Å². The molecule has 0 spiro atoms. The molecular weight excluding hydrogens is 62.1 g/mol. The van der Waals surface area contributed by atoms with Gasteiger partial charge in [-0.15, -0.1) is 0 Å². The van der Waals surface area contributed by atoms with E-state index in [9.17, 15) is 0 Å². The Kier molecular flexibility index (Phi) is 3.48. The van der Waals surface area contributed by atoms with Gasteiger partial charge in [0.1, 0.15) is 0 Å². The third-order valence-corrected chi connectivity index (χ3v) is 0.354. The van der Waals surface area contributed by atoms with Gasteiger partial charge < -0.3 is 0 Å². The largest absolute Gasteiger partial charge is 0.254 e. The van der Waals surface area contributed by atoms with Gasteiger partial charge in [-0.05, 0) is 6.92 Å². The molecule has 0 heterocycles. The van der Waals surface area contributed by atoms with E-state index in [-0.39, 0.29) is 0 Å². The Balaban J connectivity index is 2.62. The standard InChI is InChI=1S/C4H8N/c1-2-3-4-5/h2-3,5H,4H2,1H3/b3-2+. The van der Waals surface area contributed by atoms with Crippen LogP contribution in [0, 0.1) is 0 Å². The summed E-state index contributed by atoms with van der Waals surface area (Å²) in [6.07, 6.45) is 3.66. The van der Waals surface area contributed by atoms with Crippen molar-refractivity contribution in [3.05, 3.63) is 12.2 Å². The van der Waals surface area contributed by atoms with E-state index < -0.39 is 0 Å². The summed E-state index contributed by atoms with van der Waals surface area (Å²) >= 11 is 0. The Morgan fingerprint density at radius 1 is 1.80 bits per heavy atom. The first-order chi connectivity index (χ1) is 2.41. The van der Waals surface area contributed by atoms with E-state index in [4.69, 9.17) is 5.73 Å². The first-order valence-corrected chi connectivity index (χ1v) is 1.67. The summed E-state index contributed by atoms with van der Waals surface area (Å²) in [4.78, 5) is 0. The molecule has 0 aromatic rings. The van der Waals surface area contributed by atoms with Crippen LogP contribution >= 0.6 is 0 Å². The van der Waals surface area contributed by atoms with Crippen molar-refractivity contribution in [2.45, 2.75) is 6.92 Å². The van der Waals surface area contributed by atoms with Crippen molar-refractivity contribution < 1.29 is 0 Å². The molecule has 1 nitrogen and oxygen atoms in total. The van der Waals surface area contributed by atoms with Crippen LogP contribution in [0.2, 0.25) is 0 Å². The molecular formula is C4H8N. The van der Waals surface area contributed by atoms with Gasteiger partial charge in [0.25, 0.3) is 0 Å². The molecule has 0 amide bonds. The highest BCUT2D eigenvalue weighted by Crippen LogP contribution is 1.59. The molecule has 0 saturated heterocycles. The Morgan fingerprint density at radius 3 is 2.40 bits per heavy atom. The van der Waals surface area contributed by atoms with Crippen LogP contribution in [0.4, 0.5) is 0 Å². The van der Waals surface area contributed by atoms with Gasteiger partial charge in [-0.2, -0.15) is 0 Å². The molecule has 0 aromatic heterocycles. The molecule has 0 saturated carbocycles. The SMILES string of the molecule is C/C=C/C[NH]. The Bertz CT molecular complexity index is 30.6. The minimum Gasteiger partial charge on any atom is -0.254 e. The van der Waals surface area contributed by atoms with Gasteiger partial charge in [-0.1, -0.05) is 12.2 Å². The summed E-state index contributed by atoms with van der Waals surface area (Å²) in [6, 6.07) is 0. The summed E-state index contributed by atoms with van der Waals surface area (Å²) in [6.45, 7) is 2.32. The number of rotatable bonds is 1. The molecule has 0 bridgehead atoms. The monoisotopic (exact) mass is 70.1 g/mol. The number of hydrogen-bond acceptors (Lipinski definition) is 0. The van der Waals surface area contributed by atoms with Crippen molar-refractivity contribution in [3.8, 4) is 0 Å². The minimum absolute atomic E-state index is 0.413. The van der Waals surface area contributed by atoms with Crippen molar-refractivity contribution in [2.75, 3.05) is 6.54 Å². The third kappa shape index (κ3) is 3.70. The van der Waals surface area contributed by atoms with Gasteiger partial charge in [0.15, 0.2) is 0 Å². The predicted octanol–water partition coefficient (Wildman–Crippen LogP) is 0.845. The normalized spacial score (nSPS) is 10.0. The number of allylic oxidation sites excluding steroid dienone is 1. The predicted molar refractivity (Wildman–Crippen MR) is 22.8 cm³/mol. The highest BCUT2D eigenvalue weighted by molar-refractivity contribution is 4.76. The number of hydrogen-bond donors (Lipinski definition) is 0. The second-order valence-electron chi connectivity index (χ2n) is 0.773. The average Bonchev–Trinajstić information content (AvgIpc) is 1.41. The molecule has 0 aliphatic rings. The van der Waals surface area contributed by atoms with Crippen LogP contribution in [0.5, 0.6) is 0 Å². The second-order valence-corrected chi connectivity index (χ2v) is 0.773. The summed E-state index contributed by atoms with van der Waals surface area (Å²) in [5.41, 5.74) is 6.52. The lowest BCUT2D eigenvalue weighted by Gasteiger charge is -1.65. The van der Waals surface area contributed by atoms with Crippen molar-refractivity contribution in [3.63, 3.8) is 0 Å². The van der Waals surface area contributed by atoms with E-state index in [1.807, 2.05) is 13.0 Å². The van der Waals surface area contributed by atoms with Gasteiger partial charge in [0, 0.05) is 6.54 Å². The van der Waals surface area contributed by atoms with E-state index in [1.165, 1.54) is 0 Å². The van der Waals surface area contributed by atoms with Gasteiger partial charge in [-0.3, -0.25) is 5.73 Å². The molecule has 0 rings (SSSR count). The second kappa shape index (κ2) is 3.70. The van der Waals surface area contributed by atoms with Crippen LogP contribution in [-0.4, -0.2) is 6.54 Å². The molecule has 1 N–H and O–H groups in total. The van der Waals surface area contributed by atoms with E-state index >= 15 is 0 Å². The lowest BCUT2D eigenvalue weighted by atomic mass is 10.5. The van der Waals surface area contributed by atoms with Gasteiger partial charge in [-0.25, -0.2) is 0 Å². The molecule has 1 radical (unpaired) electrons. The smallest absolute Gasteiger partial charge is 0.0280 e. The molecule has 0 fully saturated rings. The van der Waals surface area contributed by atoms with E-state index in [2.05, 4.69) is 0 Å².